The van der Waals surface area contributed by atoms with E-state index in [4.69, 9.17) is 21.1 Å². The normalized spacial score (nSPS) is 11.5. The lowest BCUT2D eigenvalue weighted by Gasteiger charge is -2.16. The number of aryl methyl sites for hydroxylation is 2. The number of benzene rings is 2. The van der Waals surface area contributed by atoms with Gasteiger partial charge in [0.05, 0.1) is 6.04 Å². The molecule has 0 radical (unpaired) electrons. The van der Waals surface area contributed by atoms with Crippen LogP contribution in [0.3, 0.4) is 0 Å². The Labute approximate surface area is 158 Å². The molecule has 0 aliphatic heterocycles. The summed E-state index contributed by atoms with van der Waals surface area (Å²) in [7, 11) is 0. The van der Waals surface area contributed by atoms with E-state index in [1.165, 1.54) is 5.56 Å². The van der Waals surface area contributed by atoms with Gasteiger partial charge >= 0.3 is 5.97 Å². The van der Waals surface area contributed by atoms with Crippen molar-refractivity contribution in [1.29, 1.82) is 0 Å². The van der Waals surface area contributed by atoms with Crippen LogP contribution in [0.25, 0.3) is 0 Å². The van der Waals surface area contributed by atoms with Gasteiger partial charge in [0.2, 0.25) is 0 Å². The fraction of sp³-hybridized carbons (Fsp3) is 0.300. The molecule has 1 amide bonds. The maximum atomic E-state index is 12.0. The molecule has 0 aromatic heterocycles. The number of nitrogens with one attached hydrogen (secondary N) is 1. The quantitative estimate of drug-likeness (QED) is 0.748. The first-order chi connectivity index (χ1) is 12.3. The molecule has 2 aromatic rings. The van der Waals surface area contributed by atoms with Crippen LogP contribution in [-0.2, 0) is 14.3 Å². The summed E-state index contributed by atoms with van der Waals surface area (Å²) in [6.07, 6.45) is 0. The molecule has 0 fully saturated rings. The zero-order valence-electron chi connectivity index (χ0n) is 15.0. The van der Waals surface area contributed by atoms with Crippen LogP contribution in [0.4, 0.5) is 0 Å². The summed E-state index contributed by atoms with van der Waals surface area (Å²) >= 11 is 5.83. The van der Waals surface area contributed by atoms with Crippen molar-refractivity contribution in [3.63, 3.8) is 0 Å². The number of rotatable bonds is 7. The third-order valence-electron chi connectivity index (χ3n) is 3.93. The number of hydrogen-bond acceptors (Lipinski definition) is 4. The predicted octanol–water partition coefficient (Wildman–Crippen LogP) is 3.76. The van der Waals surface area contributed by atoms with Gasteiger partial charge in [0.1, 0.15) is 5.75 Å². The Hall–Kier alpha value is -2.53. The first-order valence-electron chi connectivity index (χ1n) is 8.25. The molecule has 0 spiro atoms. The fourth-order valence-electron chi connectivity index (χ4n) is 2.29. The Morgan fingerprint density at radius 1 is 1.08 bits per heavy atom. The van der Waals surface area contributed by atoms with Gasteiger partial charge in [-0.1, -0.05) is 35.9 Å². The van der Waals surface area contributed by atoms with Crippen molar-refractivity contribution < 1.29 is 19.1 Å². The zero-order valence-corrected chi connectivity index (χ0v) is 15.8. The Bertz CT molecular complexity index is 791. The third-order valence-corrected chi connectivity index (χ3v) is 4.16. The molecule has 0 heterocycles. The van der Waals surface area contributed by atoms with Gasteiger partial charge in [-0.05, 0) is 55.7 Å². The molecule has 5 nitrogen and oxygen atoms in total. The van der Waals surface area contributed by atoms with Crippen molar-refractivity contribution in [2.24, 2.45) is 0 Å². The van der Waals surface area contributed by atoms with E-state index >= 15 is 0 Å². The lowest BCUT2D eigenvalue weighted by atomic mass is 10.0. The van der Waals surface area contributed by atoms with Crippen molar-refractivity contribution in [2.75, 3.05) is 13.2 Å². The second kappa shape index (κ2) is 9.25. The second-order valence-electron chi connectivity index (χ2n) is 6.04. The molecule has 1 atom stereocenters. The minimum Gasteiger partial charge on any atom is -0.482 e. The maximum absolute atomic E-state index is 12.0. The standard InChI is InChI=1S/C20H22ClNO4/c1-13-7-8-16(9-14(13)2)15(3)22-19(23)11-26-20(24)12-25-18-6-4-5-17(21)10-18/h4-10,15H,11-12H2,1-3H3,(H,22,23)/t15-/m0/s1. The molecular weight excluding hydrogens is 354 g/mol. The van der Waals surface area contributed by atoms with Gasteiger partial charge in [0.15, 0.2) is 13.2 Å². The summed E-state index contributed by atoms with van der Waals surface area (Å²) in [5.74, 6) is -0.534. The van der Waals surface area contributed by atoms with E-state index in [0.717, 1.165) is 11.1 Å². The summed E-state index contributed by atoms with van der Waals surface area (Å²) in [4.78, 5) is 23.6. The minimum atomic E-state index is -0.626. The van der Waals surface area contributed by atoms with Crippen molar-refractivity contribution >= 4 is 23.5 Å². The lowest BCUT2D eigenvalue weighted by Crippen LogP contribution is -2.32. The van der Waals surface area contributed by atoms with Crippen LogP contribution in [0.15, 0.2) is 42.5 Å². The Kier molecular flexibility index (Phi) is 7.04. The van der Waals surface area contributed by atoms with E-state index in [1.54, 1.807) is 24.3 Å². The van der Waals surface area contributed by atoms with Crippen LogP contribution >= 0.6 is 11.6 Å². The molecule has 1 N–H and O–H groups in total. The van der Waals surface area contributed by atoms with Crippen molar-refractivity contribution in [2.45, 2.75) is 26.8 Å². The van der Waals surface area contributed by atoms with Crippen molar-refractivity contribution in [1.82, 2.24) is 5.32 Å². The summed E-state index contributed by atoms with van der Waals surface area (Å²) in [5, 5.41) is 3.31. The number of hydrogen-bond donors (Lipinski definition) is 1. The molecule has 138 valence electrons. The molecule has 0 saturated carbocycles. The molecule has 0 bridgehead atoms. The van der Waals surface area contributed by atoms with Crippen LogP contribution in [0.5, 0.6) is 5.75 Å². The van der Waals surface area contributed by atoms with Gasteiger partial charge < -0.3 is 14.8 Å². The summed E-state index contributed by atoms with van der Waals surface area (Å²) < 4.78 is 10.2. The minimum absolute atomic E-state index is 0.178. The van der Waals surface area contributed by atoms with E-state index in [-0.39, 0.29) is 25.2 Å². The van der Waals surface area contributed by atoms with E-state index < -0.39 is 5.97 Å². The largest absolute Gasteiger partial charge is 0.482 e. The second-order valence-corrected chi connectivity index (χ2v) is 6.48. The predicted molar refractivity (Wildman–Crippen MR) is 100 cm³/mol. The number of ether oxygens (including phenoxy) is 2. The van der Waals surface area contributed by atoms with Gasteiger partial charge in [-0.25, -0.2) is 4.79 Å². The average Bonchev–Trinajstić information content (AvgIpc) is 2.60. The fourth-order valence-corrected chi connectivity index (χ4v) is 2.47. The molecule has 0 aliphatic rings. The first kappa shape index (κ1) is 19.8. The van der Waals surface area contributed by atoms with Gasteiger partial charge in [0.25, 0.3) is 5.91 Å². The van der Waals surface area contributed by atoms with Gasteiger partial charge in [-0.3, -0.25) is 4.79 Å². The van der Waals surface area contributed by atoms with Crippen LogP contribution in [0.2, 0.25) is 5.02 Å². The average molecular weight is 376 g/mol. The maximum Gasteiger partial charge on any atom is 0.344 e. The van der Waals surface area contributed by atoms with Crippen molar-refractivity contribution in [3.8, 4) is 5.75 Å². The highest BCUT2D eigenvalue weighted by atomic mass is 35.5. The molecule has 0 saturated heterocycles. The van der Waals surface area contributed by atoms with E-state index in [1.807, 2.05) is 39.0 Å². The summed E-state index contributed by atoms with van der Waals surface area (Å²) in [5.41, 5.74) is 3.35. The number of amides is 1. The van der Waals surface area contributed by atoms with E-state index in [0.29, 0.717) is 10.8 Å². The van der Waals surface area contributed by atoms with Crippen LogP contribution in [-0.4, -0.2) is 25.1 Å². The third kappa shape index (κ3) is 6.08. The highest BCUT2D eigenvalue weighted by molar-refractivity contribution is 6.30. The molecular formula is C20H22ClNO4. The lowest BCUT2D eigenvalue weighted by molar-refractivity contribution is -0.150. The SMILES string of the molecule is Cc1ccc([C@H](C)NC(=O)COC(=O)COc2cccc(Cl)c2)cc1C. The number of carbonyl (C=O) groups is 2. The summed E-state index contributed by atoms with van der Waals surface area (Å²) in [6.45, 7) is 5.29. The van der Waals surface area contributed by atoms with E-state index in [9.17, 15) is 9.59 Å². The zero-order chi connectivity index (χ0) is 19.1. The number of esters is 1. The molecule has 2 rings (SSSR count). The highest BCUT2D eigenvalue weighted by Gasteiger charge is 2.13. The van der Waals surface area contributed by atoms with Crippen LogP contribution in [0, 0.1) is 13.8 Å². The Balaban J connectivity index is 1.75. The monoisotopic (exact) mass is 375 g/mol. The van der Waals surface area contributed by atoms with Gasteiger partial charge in [-0.15, -0.1) is 0 Å². The molecule has 2 aromatic carbocycles. The molecule has 0 unspecified atom stereocenters. The number of halogens is 1. The Morgan fingerprint density at radius 3 is 2.54 bits per heavy atom. The van der Waals surface area contributed by atoms with Crippen molar-refractivity contribution in [3.05, 3.63) is 64.2 Å². The number of carbonyl (C=O) groups excluding carboxylic acids is 2. The van der Waals surface area contributed by atoms with Crippen LogP contribution in [0.1, 0.15) is 29.7 Å². The topological polar surface area (TPSA) is 64.6 Å². The molecule has 0 aliphatic carbocycles. The smallest absolute Gasteiger partial charge is 0.344 e. The first-order valence-corrected chi connectivity index (χ1v) is 8.63. The van der Waals surface area contributed by atoms with Gasteiger partial charge in [0, 0.05) is 5.02 Å². The van der Waals surface area contributed by atoms with E-state index in [2.05, 4.69) is 5.32 Å². The van der Waals surface area contributed by atoms with Gasteiger partial charge in [-0.2, -0.15) is 0 Å². The Morgan fingerprint density at radius 2 is 1.85 bits per heavy atom. The molecule has 6 heteroatoms. The van der Waals surface area contributed by atoms with Crippen LogP contribution < -0.4 is 10.1 Å². The highest BCUT2D eigenvalue weighted by Crippen LogP contribution is 2.17. The summed E-state index contributed by atoms with van der Waals surface area (Å²) in [6, 6.07) is 12.5. The molecule has 26 heavy (non-hydrogen) atoms.